The van der Waals surface area contributed by atoms with Crippen LogP contribution in [0.25, 0.3) is 10.9 Å². The number of anilines is 1. The molecule has 0 bridgehead atoms. The smallest absolute Gasteiger partial charge is 0.230 e. The van der Waals surface area contributed by atoms with Crippen LogP contribution in [-0.2, 0) is 11.2 Å². The first-order chi connectivity index (χ1) is 13.7. The zero-order valence-corrected chi connectivity index (χ0v) is 16.3. The highest BCUT2D eigenvalue weighted by Gasteiger charge is 2.17. The van der Waals surface area contributed by atoms with Crippen LogP contribution < -0.4 is 10.1 Å². The molecule has 2 aromatic heterocycles. The first-order valence-electron chi connectivity index (χ1n) is 10.1. The van der Waals surface area contributed by atoms with Gasteiger partial charge in [0.2, 0.25) is 5.91 Å². The molecule has 0 spiro atoms. The summed E-state index contributed by atoms with van der Waals surface area (Å²) < 4.78 is 6.02. The molecule has 1 fully saturated rings. The monoisotopic (exact) mass is 377 g/mol. The van der Waals surface area contributed by atoms with Crippen molar-refractivity contribution in [1.29, 1.82) is 0 Å². The number of carbonyl (C=O) groups excluding carboxylic acids is 1. The first-order valence-corrected chi connectivity index (χ1v) is 10.1. The molecule has 0 radical (unpaired) electrons. The molecule has 146 valence electrons. The Labute approximate surface area is 165 Å². The third-order valence-electron chi connectivity index (χ3n) is 5.59. The minimum Gasteiger partial charge on any atom is -0.489 e. The average Bonchev–Trinajstić information content (AvgIpc) is 3.03. The summed E-state index contributed by atoms with van der Waals surface area (Å²) in [5, 5.41) is 4.03. The van der Waals surface area contributed by atoms with E-state index in [1.807, 2.05) is 43.3 Å². The van der Waals surface area contributed by atoms with Crippen LogP contribution in [0.1, 0.15) is 43.4 Å². The molecular formula is C23H27N3O2. The second-order valence-electron chi connectivity index (χ2n) is 7.66. The topological polar surface area (TPSA) is 67.0 Å². The molecule has 1 aromatic carbocycles. The van der Waals surface area contributed by atoms with Gasteiger partial charge in [-0.2, -0.15) is 0 Å². The van der Waals surface area contributed by atoms with Gasteiger partial charge in [-0.05, 0) is 49.4 Å². The van der Waals surface area contributed by atoms with Crippen molar-refractivity contribution in [3.8, 4) is 5.75 Å². The number of nitrogens with zero attached hydrogens (tertiary/aromatic N) is 1. The second-order valence-corrected chi connectivity index (χ2v) is 7.66. The second kappa shape index (κ2) is 8.46. The van der Waals surface area contributed by atoms with Crippen LogP contribution in [0.5, 0.6) is 5.75 Å². The van der Waals surface area contributed by atoms with Gasteiger partial charge in [-0.25, -0.2) is 4.98 Å². The maximum absolute atomic E-state index is 12.7. The van der Waals surface area contributed by atoms with E-state index in [0.29, 0.717) is 30.5 Å². The lowest BCUT2D eigenvalue weighted by molar-refractivity contribution is -0.115. The third kappa shape index (κ3) is 4.19. The van der Waals surface area contributed by atoms with E-state index < -0.39 is 0 Å². The van der Waals surface area contributed by atoms with E-state index >= 15 is 0 Å². The summed E-state index contributed by atoms with van der Waals surface area (Å²) >= 11 is 0. The third-order valence-corrected chi connectivity index (χ3v) is 5.59. The predicted molar refractivity (Wildman–Crippen MR) is 112 cm³/mol. The van der Waals surface area contributed by atoms with Gasteiger partial charge in [-0.3, -0.25) is 4.79 Å². The predicted octanol–water partition coefficient (Wildman–Crippen LogP) is 5.01. The standard InChI is InChI=1S/C23H27N3O2/c1-16-19(18-10-5-6-11-20(18)25-16)14-22(27)26-23-21(12-7-13-24-23)28-15-17-8-3-2-4-9-17/h5-7,10-13,17,25H,2-4,8-9,14-15H2,1H3,(H,24,26,27). The van der Waals surface area contributed by atoms with Gasteiger partial charge >= 0.3 is 0 Å². The molecule has 0 aliphatic heterocycles. The number of benzene rings is 1. The minimum atomic E-state index is -0.0888. The number of aromatic amines is 1. The van der Waals surface area contributed by atoms with Crippen molar-refractivity contribution in [3.63, 3.8) is 0 Å². The molecule has 0 unspecified atom stereocenters. The quantitative estimate of drug-likeness (QED) is 0.634. The van der Waals surface area contributed by atoms with Crippen LogP contribution in [0.2, 0.25) is 0 Å². The number of para-hydroxylation sites is 1. The summed E-state index contributed by atoms with van der Waals surface area (Å²) in [6, 6.07) is 11.8. The highest BCUT2D eigenvalue weighted by atomic mass is 16.5. The van der Waals surface area contributed by atoms with Gasteiger partial charge < -0.3 is 15.0 Å². The Bertz CT molecular complexity index is 957. The number of aromatic nitrogens is 2. The minimum absolute atomic E-state index is 0.0888. The van der Waals surface area contributed by atoms with Gasteiger partial charge in [0.15, 0.2) is 11.6 Å². The number of pyridine rings is 1. The maximum Gasteiger partial charge on any atom is 0.230 e. The van der Waals surface area contributed by atoms with Crippen LogP contribution in [0, 0.1) is 12.8 Å². The summed E-state index contributed by atoms with van der Waals surface area (Å²) in [5.74, 6) is 1.67. The highest BCUT2D eigenvalue weighted by molar-refractivity contribution is 5.96. The van der Waals surface area contributed by atoms with Crippen molar-refractivity contribution in [2.45, 2.75) is 45.4 Å². The van der Waals surface area contributed by atoms with Crippen molar-refractivity contribution < 1.29 is 9.53 Å². The number of hydrogen-bond acceptors (Lipinski definition) is 3. The molecule has 0 saturated heterocycles. The van der Waals surface area contributed by atoms with Crippen molar-refractivity contribution in [2.24, 2.45) is 5.92 Å². The number of H-pyrrole nitrogens is 1. The van der Waals surface area contributed by atoms with Crippen molar-refractivity contribution in [2.75, 3.05) is 11.9 Å². The summed E-state index contributed by atoms with van der Waals surface area (Å²) in [6.45, 7) is 2.69. The van der Waals surface area contributed by atoms with Gasteiger partial charge in [0, 0.05) is 22.8 Å². The molecule has 1 saturated carbocycles. The SMILES string of the molecule is Cc1[nH]c2ccccc2c1CC(=O)Nc1ncccc1OCC1CCCCC1. The largest absolute Gasteiger partial charge is 0.489 e. The zero-order valence-electron chi connectivity index (χ0n) is 16.3. The molecule has 28 heavy (non-hydrogen) atoms. The summed E-state index contributed by atoms with van der Waals surface area (Å²) in [7, 11) is 0. The van der Waals surface area contributed by atoms with E-state index in [1.165, 1.54) is 32.1 Å². The fourth-order valence-electron chi connectivity index (χ4n) is 4.06. The molecule has 1 aliphatic rings. The Kier molecular flexibility index (Phi) is 5.60. The molecule has 0 atom stereocenters. The number of ether oxygens (including phenoxy) is 1. The zero-order chi connectivity index (χ0) is 19.3. The molecule has 5 nitrogen and oxygen atoms in total. The lowest BCUT2D eigenvalue weighted by Crippen LogP contribution is -2.18. The highest BCUT2D eigenvalue weighted by Crippen LogP contribution is 2.27. The van der Waals surface area contributed by atoms with Crippen LogP contribution >= 0.6 is 0 Å². The summed E-state index contributed by atoms with van der Waals surface area (Å²) in [4.78, 5) is 20.4. The number of nitrogens with one attached hydrogen (secondary N) is 2. The van der Waals surface area contributed by atoms with E-state index in [9.17, 15) is 4.79 Å². The van der Waals surface area contributed by atoms with Crippen LogP contribution in [0.15, 0.2) is 42.6 Å². The molecule has 2 N–H and O–H groups in total. The number of rotatable bonds is 6. The Balaban J connectivity index is 1.43. The molecule has 4 rings (SSSR count). The van der Waals surface area contributed by atoms with Crippen molar-refractivity contribution in [3.05, 3.63) is 53.9 Å². The van der Waals surface area contributed by atoms with E-state index in [0.717, 1.165) is 22.2 Å². The molecule has 1 aliphatic carbocycles. The fraction of sp³-hybridized carbons (Fsp3) is 0.391. The van der Waals surface area contributed by atoms with Crippen LogP contribution in [-0.4, -0.2) is 22.5 Å². The van der Waals surface area contributed by atoms with Crippen molar-refractivity contribution >= 4 is 22.6 Å². The molecule has 5 heteroatoms. The Morgan fingerprint density at radius 3 is 2.86 bits per heavy atom. The molecular weight excluding hydrogens is 350 g/mol. The average molecular weight is 377 g/mol. The number of aryl methyl sites for hydroxylation is 1. The van der Waals surface area contributed by atoms with Gasteiger partial charge in [0.05, 0.1) is 13.0 Å². The number of hydrogen-bond donors (Lipinski definition) is 2. The van der Waals surface area contributed by atoms with Crippen LogP contribution in [0.4, 0.5) is 5.82 Å². The van der Waals surface area contributed by atoms with Gasteiger partial charge in [-0.1, -0.05) is 37.5 Å². The summed E-state index contributed by atoms with van der Waals surface area (Å²) in [5.41, 5.74) is 3.09. The van der Waals surface area contributed by atoms with E-state index in [4.69, 9.17) is 4.74 Å². The summed E-state index contributed by atoms with van der Waals surface area (Å²) in [6.07, 6.45) is 8.33. The maximum atomic E-state index is 12.7. The number of amides is 1. The number of carbonyl (C=O) groups is 1. The van der Waals surface area contributed by atoms with Crippen LogP contribution in [0.3, 0.4) is 0 Å². The van der Waals surface area contributed by atoms with E-state index in [-0.39, 0.29) is 5.91 Å². The lowest BCUT2D eigenvalue weighted by Gasteiger charge is -2.22. The normalized spacial score (nSPS) is 14.9. The molecule has 1 amide bonds. The van der Waals surface area contributed by atoms with E-state index in [2.05, 4.69) is 15.3 Å². The number of fused-ring (bicyclic) bond motifs is 1. The Morgan fingerprint density at radius 1 is 1.18 bits per heavy atom. The van der Waals surface area contributed by atoms with Crippen molar-refractivity contribution in [1.82, 2.24) is 9.97 Å². The fourth-order valence-corrected chi connectivity index (χ4v) is 4.06. The van der Waals surface area contributed by atoms with Gasteiger partial charge in [0.1, 0.15) is 0 Å². The van der Waals surface area contributed by atoms with Gasteiger partial charge in [0.25, 0.3) is 0 Å². The molecule has 3 aromatic rings. The first kappa shape index (κ1) is 18.5. The van der Waals surface area contributed by atoms with Gasteiger partial charge in [-0.15, -0.1) is 0 Å². The Morgan fingerprint density at radius 2 is 2.00 bits per heavy atom. The Hall–Kier alpha value is -2.82. The molecule has 2 heterocycles. The lowest BCUT2D eigenvalue weighted by atomic mass is 9.90. The van der Waals surface area contributed by atoms with E-state index in [1.54, 1.807) is 6.20 Å².